The van der Waals surface area contributed by atoms with E-state index in [1.807, 2.05) is 23.1 Å². The van der Waals surface area contributed by atoms with Gasteiger partial charge >= 0.3 is 0 Å². The number of nitrogens with two attached hydrogens (primary N) is 1. The van der Waals surface area contributed by atoms with Crippen molar-refractivity contribution in [2.24, 2.45) is 5.73 Å². The van der Waals surface area contributed by atoms with Gasteiger partial charge in [0, 0.05) is 24.7 Å². The summed E-state index contributed by atoms with van der Waals surface area (Å²) in [4.78, 5) is 14.3. The van der Waals surface area contributed by atoms with Gasteiger partial charge in [-0.25, -0.2) is 0 Å². The van der Waals surface area contributed by atoms with Gasteiger partial charge < -0.3 is 15.1 Å². The van der Waals surface area contributed by atoms with Crippen LogP contribution in [0.1, 0.15) is 35.9 Å². The summed E-state index contributed by atoms with van der Waals surface area (Å²) in [6.45, 7) is 3.55. The zero-order chi connectivity index (χ0) is 15.5. The molecule has 23 heavy (non-hydrogen) atoms. The van der Waals surface area contributed by atoms with E-state index in [1.165, 1.54) is 5.56 Å². The maximum atomic E-state index is 12.4. The van der Waals surface area contributed by atoms with Crippen LogP contribution in [0.3, 0.4) is 0 Å². The molecule has 4 nitrogen and oxygen atoms in total. The van der Waals surface area contributed by atoms with Crippen LogP contribution in [-0.2, 0) is 6.42 Å². The zero-order valence-corrected chi connectivity index (χ0v) is 14.1. The monoisotopic (exact) mass is 334 g/mol. The number of hydrogen-bond acceptors (Lipinski definition) is 3. The van der Waals surface area contributed by atoms with Crippen LogP contribution in [0, 0.1) is 0 Å². The molecule has 1 fully saturated rings. The number of aryl methyl sites for hydroxylation is 1. The molecule has 0 unspecified atom stereocenters. The predicted octanol–water partition coefficient (Wildman–Crippen LogP) is 3.49. The van der Waals surface area contributed by atoms with Crippen molar-refractivity contribution < 1.29 is 9.21 Å². The van der Waals surface area contributed by atoms with Crippen molar-refractivity contribution in [3.05, 3.63) is 47.7 Å². The number of amides is 1. The Balaban J connectivity index is 0.00000192. The second-order valence-corrected chi connectivity index (χ2v) is 5.84. The van der Waals surface area contributed by atoms with E-state index in [9.17, 15) is 4.79 Å². The van der Waals surface area contributed by atoms with E-state index in [4.69, 9.17) is 10.2 Å². The molecule has 1 aliphatic heterocycles. The molecule has 0 radical (unpaired) electrons. The second kappa shape index (κ2) is 7.66. The molecule has 3 rings (SSSR count). The van der Waals surface area contributed by atoms with Gasteiger partial charge in [0.2, 0.25) is 0 Å². The van der Waals surface area contributed by atoms with Crippen LogP contribution >= 0.6 is 12.4 Å². The number of furan rings is 1. The third-order valence-electron chi connectivity index (χ3n) is 4.29. The van der Waals surface area contributed by atoms with Crippen LogP contribution in [-0.4, -0.2) is 29.9 Å². The molecule has 1 aliphatic rings. The Kier molecular flexibility index (Phi) is 5.85. The standard InChI is InChI=1S/C18H22N2O2.ClH/c1-2-13-3-5-14(6-4-13)16-7-8-17(22-16)18(21)20-11-9-15(19)10-12-20;/h3-8,15H,2,9-12,19H2,1H3;1H. The molecular weight excluding hydrogens is 312 g/mol. The van der Waals surface area contributed by atoms with Gasteiger partial charge in [0.15, 0.2) is 5.76 Å². The molecule has 2 aromatic rings. The number of nitrogens with zero attached hydrogens (tertiary/aromatic N) is 1. The minimum absolute atomic E-state index is 0. The minimum Gasteiger partial charge on any atom is -0.451 e. The van der Waals surface area contributed by atoms with Crippen LogP contribution in [0.25, 0.3) is 11.3 Å². The van der Waals surface area contributed by atoms with E-state index in [1.54, 1.807) is 6.07 Å². The molecule has 0 bridgehead atoms. The highest BCUT2D eigenvalue weighted by Gasteiger charge is 2.23. The highest BCUT2D eigenvalue weighted by Crippen LogP contribution is 2.24. The van der Waals surface area contributed by atoms with E-state index in [0.717, 1.165) is 30.6 Å². The summed E-state index contributed by atoms with van der Waals surface area (Å²) in [6.07, 6.45) is 2.73. The highest BCUT2D eigenvalue weighted by atomic mass is 35.5. The Hall–Kier alpha value is -1.78. The maximum absolute atomic E-state index is 12.4. The average molecular weight is 335 g/mol. The fraction of sp³-hybridized carbons (Fsp3) is 0.389. The lowest BCUT2D eigenvalue weighted by Gasteiger charge is -2.29. The number of hydrogen-bond donors (Lipinski definition) is 1. The largest absolute Gasteiger partial charge is 0.451 e. The Morgan fingerprint density at radius 1 is 1.17 bits per heavy atom. The fourth-order valence-corrected chi connectivity index (χ4v) is 2.77. The van der Waals surface area contributed by atoms with Crippen LogP contribution in [0.5, 0.6) is 0 Å². The average Bonchev–Trinajstić information content (AvgIpc) is 3.05. The third-order valence-corrected chi connectivity index (χ3v) is 4.29. The smallest absolute Gasteiger partial charge is 0.289 e. The molecule has 1 aromatic carbocycles. The first-order chi connectivity index (χ1) is 10.7. The molecule has 1 aromatic heterocycles. The Bertz CT molecular complexity index is 643. The molecule has 0 atom stereocenters. The van der Waals surface area contributed by atoms with Crippen LogP contribution in [0.4, 0.5) is 0 Å². The van der Waals surface area contributed by atoms with Gasteiger partial charge in [-0.05, 0) is 37.0 Å². The normalized spacial score (nSPS) is 15.3. The van der Waals surface area contributed by atoms with Gasteiger partial charge in [-0.2, -0.15) is 0 Å². The Labute approximate surface area is 143 Å². The number of piperidine rings is 1. The molecule has 0 saturated carbocycles. The lowest BCUT2D eigenvalue weighted by molar-refractivity contribution is 0.0683. The van der Waals surface area contributed by atoms with E-state index < -0.39 is 0 Å². The zero-order valence-electron chi connectivity index (χ0n) is 13.3. The molecule has 2 heterocycles. The number of rotatable bonds is 3. The third kappa shape index (κ3) is 3.95. The summed E-state index contributed by atoms with van der Waals surface area (Å²) in [5.41, 5.74) is 8.16. The van der Waals surface area contributed by atoms with Gasteiger partial charge in [-0.1, -0.05) is 31.2 Å². The molecular formula is C18H23ClN2O2. The first-order valence-electron chi connectivity index (χ1n) is 7.91. The summed E-state index contributed by atoms with van der Waals surface area (Å²) in [5, 5.41) is 0. The van der Waals surface area contributed by atoms with E-state index in [0.29, 0.717) is 18.8 Å². The van der Waals surface area contributed by atoms with Crippen molar-refractivity contribution in [1.82, 2.24) is 4.90 Å². The number of carbonyl (C=O) groups is 1. The first kappa shape index (κ1) is 17.6. The summed E-state index contributed by atoms with van der Waals surface area (Å²) in [5.74, 6) is 1.10. The van der Waals surface area contributed by atoms with Gasteiger partial charge in [0.25, 0.3) is 5.91 Å². The summed E-state index contributed by atoms with van der Waals surface area (Å²) >= 11 is 0. The molecule has 5 heteroatoms. The van der Waals surface area contributed by atoms with Crippen molar-refractivity contribution in [2.45, 2.75) is 32.2 Å². The summed E-state index contributed by atoms with van der Waals surface area (Å²) in [6, 6.07) is 12.1. The second-order valence-electron chi connectivity index (χ2n) is 5.84. The number of halogens is 1. The quantitative estimate of drug-likeness (QED) is 0.934. The van der Waals surface area contributed by atoms with Gasteiger partial charge in [-0.3, -0.25) is 4.79 Å². The molecule has 2 N–H and O–H groups in total. The molecule has 1 saturated heterocycles. The van der Waals surface area contributed by atoms with Gasteiger partial charge in [0.1, 0.15) is 5.76 Å². The maximum Gasteiger partial charge on any atom is 0.289 e. The highest BCUT2D eigenvalue weighted by molar-refractivity contribution is 5.92. The van der Waals surface area contributed by atoms with Crippen LogP contribution in [0.15, 0.2) is 40.8 Å². The van der Waals surface area contributed by atoms with Gasteiger partial charge in [-0.15, -0.1) is 12.4 Å². The predicted molar refractivity (Wildman–Crippen MR) is 93.9 cm³/mol. The van der Waals surface area contributed by atoms with Crippen LogP contribution < -0.4 is 5.73 Å². The number of benzene rings is 1. The van der Waals surface area contributed by atoms with E-state index in [2.05, 4.69) is 19.1 Å². The van der Waals surface area contributed by atoms with Crippen molar-refractivity contribution in [3.8, 4) is 11.3 Å². The lowest BCUT2D eigenvalue weighted by atomic mass is 10.1. The first-order valence-corrected chi connectivity index (χ1v) is 7.91. The van der Waals surface area contributed by atoms with Crippen molar-refractivity contribution >= 4 is 18.3 Å². The Morgan fingerprint density at radius 2 is 1.83 bits per heavy atom. The topological polar surface area (TPSA) is 59.5 Å². The van der Waals surface area contributed by atoms with Crippen molar-refractivity contribution in [3.63, 3.8) is 0 Å². The number of carbonyl (C=O) groups excluding carboxylic acids is 1. The molecule has 1 amide bonds. The number of likely N-dealkylation sites (tertiary alicyclic amines) is 1. The van der Waals surface area contributed by atoms with Crippen molar-refractivity contribution in [2.75, 3.05) is 13.1 Å². The van der Waals surface area contributed by atoms with Crippen LogP contribution in [0.2, 0.25) is 0 Å². The van der Waals surface area contributed by atoms with Crippen molar-refractivity contribution in [1.29, 1.82) is 0 Å². The fourth-order valence-electron chi connectivity index (χ4n) is 2.77. The summed E-state index contributed by atoms with van der Waals surface area (Å²) < 4.78 is 5.76. The molecule has 0 spiro atoms. The van der Waals surface area contributed by atoms with E-state index >= 15 is 0 Å². The lowest BCUT2D eigenvalue weighted by Crippen LogP contribution is -2.42. The van der Waals surface area contributed by atoms with E-state index in [-0.39, 0.29) is 24.4 Å². The van der Waals surface area contributed by atoms with Gasteiger partial charge in [0.05, 0.1) is 0 Å². The Morgan fingerprint density at radius 3 is 2.43 bits per heavy atom. The minimum atomic E-state index is -0.0386. The summed E-state index contributed by atoms with van der Waals surface area (Å²) in [7, 11) is 0. The molecule has 124 valence electrons. The SMILES string of the molecule is CCc1ccc(-c2ccc(C(=O)N3CCC(N)CC3)o2)cc1.Cl. The molecule has 0 aliphatic carbocycles.